The van der Waals surface area contributed by atoms with Crippen LogP contribution in [0.2, 0.25) is 0 Å². The van der Waals surface area contributed by atoms with Crippen LogP contribution in [0.4, 0.5) is 0 Å². The first-order chi connectivity index (χ1) is 20.3. The number of ether oxygens (including phenoxy) is 5. The summed E-state index contributed by atoms with van der Waals surface area (Å²) in [5.74, 6) is 1.39. The predicted molar refractivity (Wildman–Crippen MR) is 153 cm³/mol. The van der Waals surface area contributed by atoms with Crippen molar-refractivity contribution in [3.8, 4) is 11.5 Å². The van der Waals surface area contributed by atoms with E-state index in [0.29, 0.717) is 17.1 Å². The van der Waals surface area contributed by atoms with Crippen molar-refractivity contribution in [2.45, 2.75) is 36.6 Å². The topological polar surface area (TPSA) is 121 Å². The van der Waals surface area contributed by atoms with E-state index in [1.165, 1.54) is 10.8 Å². The van der Waals surface area contributed by atoms with E-state index < -0.39 is 40.9 Å². The molecule has 6 rings (SSSR count). The SMILES string of the molecule is COc1ccc(C(OC[C@@]23CO[C@H]([C@H](n4cc(C)c(=O)[nH]c4=O)O2)[C@@H]3O)(c2ccccc2)c2ccc(OC)cc2)cc1. The van der Waals surface area contributed by atoms with Crippen LogP contribution in [0.5, 0.6) is 11.5 Å². The first kappa shape index (κ1) is 27.9. The van der Waals surface area contributed by atoms with E-state index in [9.17, 15) is 14.7 Å². The number of aromatic amines is 1. The Bertz CT molecular complexity index is 1620. The Balaban J connectivity index is 1.44. The van der Waals surface area contributed by atoms with Crippen LogP contribution in [-0.4, -0.2) is 59.9 Å². The molecule has 0 radical (unpaired) electrons. The third-order valence-electron chi connectivity index (χ3n) is 8.13. The van der Waals surface area contributed by atoms with Gasteiger partial charge in [0.1, 0.15) is 34.9 Å². The molecule has 2 N–H and O–H groups in total. The third kappa shape index (κ3) is 4.53. The van der Waals surface area contributed by atoms with Gasteiger partial charge in [-0.3, -0.25) is 14.3 Å². The van der Waals surface area contributed by atoms with E-state index in [-0.39, 0.29) is 13.2 Å². The number of H-pyrrole nitrogens is 1. The largest absolute Gasteiger partial charge is 0.497 e. The number of aryl methyl sites for hydroxylation is 1. The zero-order chi connectivity index (χ0) is 29.5. The quantitative estimate of drug-likeness (QED) is 0.294. The minimum Gasteiger partial charge on any atom is -0.497 e. The Hall–Kier alpha value is -4.22. The second kappa shape index (κ2) is 10.9. The average Bonchev–Trinajstić information content (AvgIpc) is 3.49. The Morgan fingerprint density at radius 1 is 0.929 bits per heavy atom. The van der Waals surface area contributed by atoms with Crippen molar-refractivity contribution >= 4 is 0 Å². The van der Waals surface area contributed by atoms with Gasteiger partial charge >= 0.3 is 5.69 Å². The molecule has 2 aliphatic rings. The number of rotatable bonds is 9. The van der Waals surface area contributed by atoms with Crippen molar-refractivity contribution in [1.82, 2.24) is 9.55 Å². The first-order valence-electron chi connectivity index (χ1n) is 13.6. The molecule has 10 nitrogen and oxygen atoms in total. The molecule has 1 aromatic heterocycles. The van der Waals surface area contributed by atoms with Crippen molar-refractivity contribution in [3.05, 3.63) is 128 Å². The first-order valence-corrected chi connectivity index (χ1v) is 13.6. The molecule has 42 heavy (non-hydrogen) atoms. The van der Waals surface area contributed by atoms with Crippen molar-refractivity contribution in [2.75, 3.05) is 27.4 Å². The maximum absolute atomic E-state index is 12.7. The lowest BCUT2D eigenvalue weighted by Crippen LogP contribution is -2.48. The van der Waals surface area contributed by atoms with Gasteiger partial charge in [-0.05, 0) is 47.9 Å². The number of fused-ring (bicyclic) bond motifs is 2. The Morgan fingerprint density at radius 3 is 2.07 bits per heavy atom. The summed E-state index contributed by atoms with van der Waals surface area (Å²) in [5, 5.41) is 11.4. The normalized spacial score (nSPS) is 23.2. The summed E-state index contributed by atoms with van der Waals surface area (Å²) in [4.78, 5) is 26.9. The van der Waals surface area contributed by atoms with E-state index in [4.69, 9.17) is 23.7 Å². The molecule has 2 saturated heterocycles. The maximum atomic E-state index is 12.7. The van der Waals surface area contributed by atoms with E-state index in [0.717, 1.165) is 16.7 Å². The highest BCUT2D eigenvalue weighted by molar-refractivity contribution is 5.49. The lowest BCUT2D eigenvalue weighted by atomic mass is 9.79. The molecule has 3 heterocycles. The van der Waals surface area contributed by atoms with Gasteiger partial charge in [0.25, 0.3) is 5.56 Å². The summed E-state index contributed by atoms with van der Waals surface area (Å²) >= 11 is 0. The standard InChI is InChI=1S/C32H32N2O8/c1-20-17-34(30(37)33-28(20)36)29-26-27(35)31(42-29,18-40-26)19-41-32(21-7-5-4-6-8-21,22-9-13-24(38-2)14-10-22)23-11-15-25(39-3)16-12-23/h4-17,26-27,29,35H,18-19H2,1-3H3,(H,33,36,37)/t26-,27-,29+,31+/m0/s1. The highest BCUT2D eigenvalue weighted by atomic mass is 16.7. The monoisotopic (exact) mass is 572 g/mol. The molecule has 0 unspecified atom stereocenters. The van der Waals surface area contributed by atoms with Gasteiger partial charge in [0, 0.05) is 11.8 Å². The van der Waals surface area contributed by atoms with E-state index in [1.807, 2.05) is 78.9 Å². The molecule has 218 valence electrons. The van der Waals surface area contributed by atoms with Crippen LogP contribution in [0.3, 0.4) is 0 Å². The smallest absolute Gasteiger partial charge is 0.330 e. The molecule has 0 amide bonds. The molecule has 0 aliphatic carbocycles. The second-order valence-corrected chi connectivity index (χ2v) is 10.6. The fraction of sp³-hybridized carbons (Fsp3) is 0.312. The molecule has 4 aromatic rings. The lowest BCUT2D eigenvalue weighted by Gasteiger charge is -2.39. The number of nitrogens with one attached hydrogen (secondary N) is 1. The summed E-state index contributed by atoms with van der Waals surface area (Å²) in [6.07, 6.45) is -1.46. The summed E-state index contributed by atoms with van der Waals surface area (Å²) in [5.41, 5.74) is -0.717. The summed E-state index contributed by atoms with van der Waals surface area (Å²) < 4.78 is 31.4. The average molecular weight is 573 g/mol. The molecular weight excluding hydrogens is 540 g/mol. The molecule has 0 saturated carbocycles. The van der Waals surface area contributed by atoms with Crippen molar-refractivity contribution < 1.29 is 28.8 Å². The molecule has 4 atom stereocenters. The summed E-state index contributed by atoms with van der Waals surface area (Å²) in [7, 11) is 3.22. The Kier molecular flexibility index (Phi) is 7.24. The highest BCUT2D eigenvalue weighted by Gasteiger charge is 2.63. The molecule has 3 aromatic carbocycles. The van der Waals surface area contributed by atoms with Crippen molar-refractivity contribution in [1.29, 1.82) is 0 Å². The number of benzene rings is 3. The zero-order valence-corrected chi connectivity index (χ0v) is 23.5. The Labute approximate surface area is 242 Å². The second-order valence-electron chi connectivity index (χ2n) is 10.6. The van der Waals surface area contributed by atoms with Gasteiger partial charge < -0.3 is 28.8 Å². The van der Waals surface area contributed by atoms with Crippen LogP contribution in [0, 0.1) is 6.92 Å². The molecule has 2 bridgehead atoms. The fourth-order valence-electron chi connectivity index (χ4n) is 5.82. The number of methoxy groups -OCH3 is 2. The van der Waals surface area contributed by atoms with Gasteiger partial charge in [0.2, 0.25) is 0 Å². The minimum absolute atomic E-state index is 0.0580. The van der Waals surface area contributed by atoms with Crippen molar-refractivity contribution in [3.63, 3.8) is 0 Å². The summed E-state index contributed by atoms with van der Waals surface area (Å²) in [6, 6.07) is 25.0. The van der Waals surface area contributed by atoms with Crippen LogP contribution < -0.4 is 20.7 Å². The fourth-order valence-corrected chi connectivity index (χ4v) is 5.82. The summed E-state index contributed by atoms with van der Waals surface area (Å²) in [6.45, 7) is 1.57. The van der Waals surface area contributed by atoms with Gasteiger partial charge in [-0.15, -0.1) is 0 Å². The van der Waals surface area contributed by atoms with Gasteiger partial charge in [0.15, 0.2) is 6.23 Å². The lowest BCUT2D eigenvalue weighted by molar-refractivity contribution is -0.204. The maximum Gasteiger partial charge on any atom is 0.330 e. The van der Waals surface area contributed by atoms with Crippen LogP contribution in [0.25, 0.3) is 0 Å². The highest BCUT2D eigenvalue weighted by Crippen LogP contribution is 2.48. The van der Waals surface area contributed by atoms with E-state index in [2.05, 4.69) is 4.98 Å². The van der Waals surface area contributed by atoms with Crippen LogP contribution in [-0.2, 0) is 19.8 Å². The number of hydrogen-bond donors (Lipinski definition) is 2. The third-order valence-corrected chi connectivity index (χ3v) is 8.13. The number of aliphatic hydroxyl groups is 1. The number of aromatic nitrogens is 2. The molecule has 2 fully saturated rings. The Morgan fingerprint density at radius 2 is 1.50 bits per heavy atom. The zero-order valence-electron chi connectivity index (χ0n) is 23.5. The number of hydrogen-bond acceptors (Lipinski definition) is 8. The minimum atomic E-state index is -1.28. The van der Waals surface area contributed by atoms with Crippen LogP contribution >= 0.6 is 0 Å². The predicted octanol–water partition coefficient (Wildman–Crippen LogP) is 2.90. The van der Waals surface area contributed by atoms with Gasteiger partial charge in [-0.2, -0.15) is 0 Å². The van der Waals surface area contributed by atoms with E-state index >= 15 is 0 Å². The van der Waals surface area contributed by atoms with Crippen molar-refractivity contribution in [2.24, 2.45) is 0 Å². The van der Waals surface area contributed by atoms with Gasteiger partial charge in [-0.1, -0.05) is 54.6 Å². The molecular formula is C32H32N2O8. The number of nitrogens with zero attached hydrogens (tertiary/aromatic N) is 1. The van der Waals surface area contributed by atoms with Crippen LogP contribution in [0.1, 0.15) is 28.5 Å². The van der Waals surface area contributed by atoms with Gasteiger partial charge in [0.05, 0.1) is 27.4 Å². The van der Waals surface area contributed by atoms with E-state index in [1.54, 1.807) is 21.1 Å². The molecule has 10 heteroatoms. The number of aliphatic hydroxyl groups excluding tert-OH is 1. The molecule has 0 spiro atoms. The molecule has 2 aliphatic heterocycles. The van der Waals surface area contributed by atoms with Crippen LogP contribution in [0.15, 0.2) is 94.6 Å². The van der Waals surface area contributed by atoms with Gasteiger partial charge in [-0.25, -0.2) is 4.79 Å².